The molecule has 0 bridgehead atoms. The van der Waals surface area contributed by atoms with Crippen LogP contribution in [-0.2, 0) is 13.6 Å². The number of halogens is 1. The van der Waals surface area contributed by atoms with Crippen molar-refractivity contribution in [2.75, 3.05) is 12.4 Å². The second-order valence-electron chi connectivity index (χ2n) is 5.23. The van der Waals surface area contributed by atoms with Crippen LogP contribution in [0.4, 0.5) is 5.95 Å². The van der Waals surface area contributed by atoms with Crippen molar-refractivity contribution in [3.63, 3.8) is 0 Å². The van der Waals surface area contributed by atoms with Crippen molar-refractivity contribution in [1.29, 1.82) is 0 Å². The number of nitrogens with zero attached hydrogens (tertiary/aromatic N) is 2. The van der Waals surface area contributed by atoms with E-state index in [9.17, 15) is 0 Å². The molecule has 0 spiro atoms. The largest absolute Gasteiger partial charge is 0.497 e. The third kappa shape index (κ3) is 3.56. The lowest BCUT2D eigenvalue weighted by molar-refractivity contribution is 0.415. The summed E-state index contributed by atoms with van der Waals surface area (Å²) in [6.45, 7) is 0.736. The van der Waals surface area contributed by atoms with Gasteiger partial charge in [-0.15, -0.1) is 0 Å². The fraction of sp³-hybridized carbons (Fsp3) is 0.167. The maximum absolute atomic E-state index is 5.20. The monoisotopic (exact) mass is 371 g/mol. The smallest absolute Gasteiger partial charge is 0.203 e. The molecule has 0 saturated carbocycles. The van der Waals surface area contributed by atoms with E-state index < -0.39 is 0 Å². The van der Waals surface area contributed by atoms with Crippen LogP contribution >= 0.6 is 15.9 Å². The molecule has 118 valence electrons. The van der Waals surface area contributed by atoms with Crippen LogP contribution in [0.2, 0.25) is 0 Å². The van der Waals surface area contributed by atoms with Crippen molar-refractivity contribution < 1.29 is 4.74 Å². The predicted molar refractivity (Wildman–Crippen MR) is 96.7 cm³/mol. The molecule has 0 aliphatic heterocycles. The number of aromatic nitrogens is 2. The average molecular weight is 372 g/mol. The number of ether oxygens (including phenoxy) is 1. The summed E-state index contributed by atoms with van der Waals surface area (Å²) in [4.78, 5) is 4.48. The summed E-state index contributed by atoms with van der Waals surface area (Å²) in [6, 6.07) is 16.2. The minimum Gasteiger partial charge on any atom is -0.497 e. The molecule has 1 N–H and O–H groups in total. The number of nitrogens with one attached hydrogen (secondary N) is 1. The zero-order valence-corrected chi connectivity index (χ0v) is 14.7. The van der Waals surface area contributed by atoms with Gasteiger partial charge in [0.1, 0.15) is 5.75 Å². The number of imidazole rings is 1. The molecule has 0 aliphatic carbocycles. The molecule has 0 fully saturated rings. The van der Waals surface area contributed by atoms with E-state index >= 15 is 0 Å². The fourth-order valence-corrected chi connectivity index (χ4v) is 2.65. The molecule has 0 radical (unpaired) electrons. The van der Waals surface area contributed by atoms with Crippen LogP contribution in [0.1, 0.15) is 5.56 Å². The van der Waals surface area contributed by atoms with Crippen LogP contribution in [0.25, 0.3) is 11.3 Å². The number of methoxy groups -OCH3 is 1. The topological polar surface area (TPSA) is 39.1 Å². The lowest BCUT2D eigenvalue weighted by Crippen LogP contribution is -2.05. The predicted octanol–water partition coefficient (Wildman–Crippen LogP) is 4.47. The normalized spacial score (nSPS) is 10.6. The van der Waals surface area contributed by atoms with E-state index in [-0.39, 0.29) is 0 Å². The van der Waals surface area contributed by atoms with Gasteiger partial charge < -0.3 is 14.6 Å². The van der Waals surface area contributed by atoms with Crippen molar-refractivity contribution in [1.82, 2.24) is 9.55 Å². The maximum Gasteiger partial charge on any atom is 0.203 e. The zero-order chi connectivity index (χ0) is 16.2. The van der Waals surface area contributed by atoms with Gasteiger partial charge in [0.15, 0.2) is 0 Å². The number of rotatable bonds is 5. The Morgan fingerprint density at radius 1 is 1.09 bits per heavy atom. The standard InChI is InChI=1S/C18H18BrN3O/c1-22-17(14-5-9-16(23-2)10-6-14)12-21-18(22)20-11-13-3-7-15(19)8-4-13/h3-10,12H,11H2,1-2H3,(H,20,21). The molecular formula is C18H18BrN3O. The van der Waals surface area contributed by atoms with Gasteiger partial charge in [-0.1, -0.05) is 28.1 Å². The first-order valence-corrected chi connectivity index (χ1v) is 8.11. The molecule has 0 aliphatic rings. The first-order valence-electron chi connectivity index (χ1n) is 7.32. The van der Waals surface area contributed by atoms with Crippen molar-refractivity contribution in [2.24, 2.45) is 7.05 Å². The molecule has 0 saturated heterocycles. The Hall–Kier alpha value is -2.27. The minimum atomic E-state index is 0.736. The lowest BCUT2D eigenvalue weighted by atomic mass is 10.1. The Kier molecular flexibility index (Phi) is 4.67. The average Bonchev–Trinajstić information content (AvgIpc) is 2.95. The van der Waals surface area contributed by atoms with Gasteiger partial charge in [-0.3, -0.25) is 0 Å². The van der Waals surface area contributed by atoms with Crippen LogP contribution in [-0.4, -0.2) is 16.7 Å². The van der Waals surface area contributed by atoms with Gasteiger partial charge in [0.05, 0.1) is 19.0 Å². The fourth-order valence-electron chi connectivity index (χ4n) is 2.39. The first kappa shape index (κ1) is 15.6. The molecule has 1 heterocycles. The summed E-state index contributed by atoms with van der Waals surface area (Å²) in [5.74, 6) is 1.70. The van der Waals surface area contributed by atoms with Crippen molar-refractivity contribution >= 4 is 21.9 Å². The zero-order valence-electron chi connectivity index (χ0n) is 13.1. The number of benzene rings is 2. The number of anilines is 1. The Bertz CT molecular complexity index is 779. The molecule has 0 amide bonds. The Morgan fingerprint density at radius 3 is 2.43 bits per heavy atom. The Morgan fingerprint density at radius 2 is 1.78 bits per heavy atom. The van der Waals surface area contributed by atoms with Crippen LogP contribution in [0.5, 0.6) is 5.75 Å². The summed E-state index contributed by atoms with van der Waals surface area (Å²) < 4.78 is 8.34. The quantitative estimate of drug-likeness (QED) is 0.718. The molecule has 0 atom stereocenters. The summed E-state index contributed by atoms with van der Waals surface area (Å²) in [5.41, 5.74) is 3.38. The van der Waals surface area contributed by atoms with Crippen molar-refractivity contribution in [3.05, 3.63) is 64.8 Å². The van der Waals surface area contributed by atoms with E-state index in [1.807, 2.05) is 49.6 Å². The lowest BCUT2D eigenvalue weighted by Gasteiger charge is -2.09. The highest BCUT2D eigenvalue weighted by Crippen LogP contribution is 2.24. The summed E-state index contributed by atoms with van der Waals surface area (Å²) in [7, 11) is 3.68. The molecule has 4 nitrogen and oxygen atoms in total. The second-order valence-corrected chi connectivity index (χ2v) is 6.15. The molecular weight excluding hydrogens is 354 g/mol. The third-order valence-corrected chi connectivity index (χ3v) is 4.27. The van der Waals surface area contributed by atoms with Crippen LogP contribution < -0.4 is 10.1 Å². The van der Waals surface area contributed by atoms with E-state index in [1.54, 1.807) is 7.11 Å². The number of hydrogen-bond acceptors (Lipinski definition) is 3. The molecule has 3 aromatic rings. The van der Waals surface area contributed by atoms with Gasteiger partial charge in [0, 0.05) is 23.6 Å². The van der Waals surface area contributed by atoms with Gasteiger partial charge in [0.25, 0.3) is 0 Å². The highest BCUT2D eigenvalue weighted by molar-refractivity contribution is 9.10. The summed E-state index contributed by atoms with van der Waals surface area (Å²) >= 11 is 3.45. The van der Waals surface area contributed by atoms with Gasteiger partial charge in [-0.2, -0.15) is 0 Å². The van der Waals surface area contributed by atoms with E-state index in [4.69, 9.17) is 4.74 Å². The molecule has 2 aromatic carbocycles. The maximum atomic E-state index is 5.20. The molecule has 3 rings (SSSR count). The molecule has 5 heteroatoms. The third-order valence-electron chi connectivity index (χ3n) is 3.74. The number of hydrogen-bond donors (Lipinski definition) is 1. The van der Waals surface area contributed by atoms with E-state index in [2.05, 4.69) is 42.9 Å². The Balaban J connectivity index is 1.74. The second kappa shape index (κ2) is 6.87. The summed E-state index contributed by atoms with van der Waals surface area (Å²) in [5, 5.41) is 3.37. The summed E-state index contributed by atoms with van der Waals surface area (Å²) in [6.07, 6.45) is 1.88. The van der Waals surface area contributed by atoms with Gasteiger partial charge in [-0.25, -0.2) is 4.98 Å². The van der Waals surface area contributed by atoms with E-state index in [0.717, 1.165) is 34.0 Å². The van der Waals surface area contributed by atoms with Gasteiger partial charge in [-0.05, 0) is 42.0 Å². The first-order chi connectivity index (χ1) is 11.2. The van der Waals surface area contributed by atoms with E-state index in [1.165, 1.54) is 5.56 Å². The van der Waals surface area contributed by atoms with Crippen LogP contribution in [0.3, 0.4) is 0 Å². The van der Waals surface area contributed by atoms with Crippen molar-refractivity contribution in [3.8, 4) is 17.0 Å². The van der Waals surface area contributed by atoms with Crippen LogP contribution in [0.15, 0.2) is 59.2 Å². The highest BCUT2D eigenvalue weighted by atomic mass is 79.9. The van der Waals surface area contributed by atoms with Crippen molar-refractivity contribution in [2.45, 2.75) is 6.54 Å². The molecule has 1 aromatic heterocycles. The Labute approximate surface area is 144 Å². The minimum absolute atomic E-state index is 0.736. The molecule has 23 heavy (non-hydrogen) atoms. The highest BCUT2D eigenvalue weighted by Gasteiger charge is 2.08. The van der Waals surface area contributed by atoms with Gasteiger partial charge in [0.2, 0.25) is 5.95 Å². The van der Waals surface area contributed by atoms with E-state index in [0.29, 0.717) is 0 Å². The van der Waals surface area contributed by atoms with Crippen LogP contribution in [0, 0.1) is 0 Å². The SMILES string of the molecule is COc1ccc(-c2cnc(NCc3ccc(Br)cc3)n2C)cc1. The van der Waals surface area contributed by atoms with Gasteiger partial charge >= 0.3 is 0 Å². The molecule has 0 unspecified atom stereocenters.